The molecule has 2 N–H and O–H groups in total. The zero-order valence-corrected chi connectivity index (χ0v) is 11.0. The highest BCUT2D eigenvalue weighted by Crippen LogP contribution is 2.57. The van der Waals surface area contributed by atoms with Gasteiger partial charge in [-0.25, -0.2) is 0 Å². The van der Waals surface area contributed by atoms with E-state index in [1.807, 2.05) is 0 Å². The summed E-state index contributed by atoms with van der Waals surface area (Å²) in [5.41, 5.74) is 7.45. The van der Waals surface area contributed by atoms with Crippen molar-refractivity contribution >= 4 is 17.3 Å². The third-order valence-corrected chi connectivity index (χ3v) is 3.75. The number of nitrogens with two attached hydrogens (primary N) is 1. The van der Waals surface area contributed by atoms with Crippen molar-refractivity contribution in [3.05, 3.63) is 29.0 Å². The number of nitrogens with zero attached hydrogens (tertiary/aromatic N) is 2. The van der Waals surface area contributed by atoms with E-state index in [9.17, 15) is 0 Å². The van der Waals surface area contributed by atoms with Crippen LogP contribution in [0.15, 0.2) is 22.7 Å². The molecule has 0 bridgehead atoms. The summed E-state index contributed by atoms with van der Waals surface area (Å²) in [7, 11) is 0. The maximum absolute atomic E-state index is 5.95. The van der Waals surface area contributed by atoms with Crippen LogP contribution in [0.3, 0.4) is 0 Å². The van der Waals surface area contributed by atoms with Gasteiger partial charge in [-0.05, 0) is 30.0 Å². The van der Waals surface area contributed by atoms with Crippen LogP contribution < -0.4 is 5.73 Å². The molecule has 1 heterocycles. The van der Waals surface area contributed by atoms with Crippen molar-refractivity contribution in [2.75, 3.05) is 5.73 Å². The van der Waals surface area contributed by atoms with Gasteiger partial charge in [-0.1, -0.05) is 30.6 Å². The van der Waals surface area contributed by atoms with Gasteiger partial charge in [0.05, 0.1) is 5.56 Å². The topological polar surface area (TPSA) is 64.9 Å². The summed E-state index contributed by atoms with van der Waals surface area (Å²) < 4.78 is 5.28. The molecule has 4 nitrogen and oxygen atoms in total. The van der Waals surface area contributed by atoms with Crippen LogP contribution in [0.25, 0.3) is 11.5 Å². The second kappa shape index (κ2) is 3.72. The van der Waals surface area contributed by atoms with Crippen LogP contribution in [-0.2, 0) is 0 Å². The van der Waals surface area contributed by atoms with Gasteiger partial charge in [-0.2, -0.15) is 4.98 Å². The predicted octanol–water partition coefficient (Wildman–Crippen LogP) is 3.49. The van der Waals surface area contributed by atoms with Gasteiger partial charge in [0.15, 0.2) is 5.82 Å². The Morgan fingerprint density at radius 3 is 2.83 bits per heavy atom. The molecule has 2 aromatic rings. The number of aromatic nitrogens is 2. The van der Waals surface area contributed by atoms with Crippen molar-refractivity contribution in [2.45, 2.75) is 26.2 Å². The maximum Gasteiger partial charge on any atom is 0.260 e. The number of nitrogen functional groups attached to an aromatic ring is 1. The van der Waals surface area contributed by atoms with Crippen molar-refractivity contribution in [2.24, 2.45) is 5.41 Å². The Hall–Kier alpha value is -1.55. The van der Waals surface area contributed by atoms with E-state index >= 15 is 0 Å². The molecule has 0 radical (unpaired) electrons. The van der Waals surface area contributed by atoms with E-state index in [4.69, 9.17) is 21.9 Å². The van der Waals surface area contributed by atoms with Crippen molar-refractivity contribution in [1.29, 1.82) is 0 Å². The molecule has 0 saturated heterocycles. The van der Waals surface area contributed by atoms with Gasteiger partial charge >= 0.3 is 0 Å². The zero-order chi connectivity index (χ0) is 12.9. The fourth-order valence-corrected chi connectivity index (χ4v) is 2.28. The second-order valence-corrected chi connectivity index (χ2v) is 5.87. The second-order valence-electron chi connectivity index (χ2n) is 5.43. The van der Waals surface area contributed by atoms with E-state index in [-0.39, 0.29) is 5.41 Å². The van der Waals surface area contributed by atoms with Gasteiger partial charge in [0.25, 0.3) is 5.89 Å². The van der Waals surface area contributed by atoms with E-state index in [0.717, 1.165) is 12.2 Å². The monoisotopic (exact) mass is 263 g/mol. The number of rotatable bonds is 2. The summed E-state index contributed by atoms with van der Waals surface area (Å²) in [5.74, 6) is 1.58. The molecule has 94 valence electrons. The van der Waals surface area contributed by atoms with Crippen molar-refractivity contribution in [1.82, 2.24) is 10.1 Å². The van der Waals surface area contributed by atoms with Crippen LogP contribution in [0.1, 0.15) is 32.0 Å². The molecule has 5 heteroatoms. The third kappa shape index (κ3) is 1.86. The van der Waals surface area contributed by atoms with Crippen LogP contribution in [0.4, 0.5) is 5.69 Å². The molecular formula is C13H14ClN3O. The Kier molecular flexibility index (Phi) is 2.38. The first-order valence-corrected chi connectivity index (χ1v) is 6.24. The van der Waals surface area contributed by atoms with E-state index in [2.05, 4.69) is 24.0 Å². The molecule has 0 amide bonds. The summed E-state index contributed by atoms with van der Waals surface area (Å²) in [4.78, 5) is 4.42. The number of halogens is 1. The molecule has 1 atom stereocenters. The third-order valence-electron chi connectivity index (χ3n) is 3.51. The summed E-state index contributed by atoms with van der Waals surface area (Å²) in [5, 5.41) is 4.64. The molecule has 0 spiro atoms. The molecule has 1 aromatic heterocycles. The molecule has 3 rings (SSSR count). The SMILES string of the molecule is CC1(C)CC1c1noc(-c2cc(Cl)ccc2N)n1. The normalized spacial score (nSPS) is 20.9. The van der Waals surface area contributed by atoms with Crippen LogP contribution >= 0.6 is 11.6 Å². The Labute approximate surface area is 110 Å². The van der Waals surface area contributed by atoms with Gasteiger partial charge in [-0.15, -0.1) is 0 Å². The van der Waals surface area contributed by atoms with Gasteiger partial charge in [-0.3, -0.25) is 0 Å². The van der Waals surface area contributed by atoms with E-state index in [0.29, 0.717) is 28.1 Å². The molecule has 1 fully saturated rings. The summed E-state index contributed by atoms with van der Waals surface area (Å²) in [6.07, 6.45) is 1.09. The lowest BCUT2D eigenvalue weighted by molar-refractivity contribution is 0.419. The van der Waals surface area contributed by atoms with Crippen molar-refractivity contribution < 1.29 is 4.52 Å². The standard InChI is InChI=1S/C13H14ClN3O/c1-13(2)6-9(13)11-16-12(18-17-11)8-5-7(14)3-4-10(8)15/h3-5,9H,6,15H2,1-2H3. The average molecular weight is 264 g/mol. The molecule has 1 saturated carbocycles. The van der Waals surface area contributed by atoms with Crippen LogP contribution in [0.5, 0.6) is 0 Å². The lowest BCUT2D eigenvalue weighted by Gasteiger charge is -2.00. The van der Waals surface area contributed by atoms with Crippen LogP contribution in [0.2, 0.25) is 5.02 Å². The molecule has 18 heavy (non-hydrogen) atoms. The minimum atomic E-state index is 0.279. The Balaban J connectivity index is 1.96. The fraction of sp³-hybridized carbons (Fsp3) is 0.385. The number of benzene rings is 1. The van der Waals surface area contributed by atoms with Crippen LogP contribution in [0, 0.1) is 5.41 Å². The number of hydrogen-bond donors (Lipinski definition) is 1. The fourth-order valence-electron chi connectivity index (χ4n) is 2.11. The van der Waals surface area contributed by atoms with Crippen LogP contribution in [-0.4, -0.2) is 10.1 Å². The number of hydrogen-bond acceptors (Lipinski definition) is 4. The highest BCUT2D eigenvalue weighted by Gasteiger charge is 2.49. The van der Waals surface area contributed by atoms with Gasteiger partial charge < -0.3 is 10.3 Å². The Morgan fingerprint density at radius 2 is 2.17 bits per heavy atom. The molecule has 1 aromatic carbocycles. The van der Waals surface area contributed by atoms with E-state index < -0.39 is 0 Å². The Morgan fingerprint density at radius 1 is 1.44 bits per heavy atom. The predicted molar refractivity (Wildman–Crippen MR) is 70.3 cm³/mol. The smallest absolute Gasteiger partial charge is 0.260 e. The lowest BCUT2D eigenvalue weighted by Crippen LogP contribution is -1.93. The summed E-state index contributed by atoms with van der Waals surface area (Å²) >= 11 is 5.95. The number of anilines is 1. The molecule has 1 aliphatic rings. The quantitative estimate of drug-likeness (QED) is 0.843. The summed E-state index contributed by atoms with van der Waals surface area (Å²) in [6.45, 7) is 4.39. The van der Waals surface area contributed by atoms with Crippen molar-refractivity contribution in [3.63, 3.8) is 0 Å². The minimum Gasteiger partial charge on any atom is -0.398 e. The molecule has 1 aliphatic carbocycles. The molecule has 1 unspecified atom stereocenters. The highest BCUT2D eigenvalue weighted by atomic mass is 35.5. The average Bonchev–Trinajstić information content (AvgIpc) is 2.77. The highest BCUT2D eigenvalue weighted by molar-refractivity contribution is 6.31. The largest absolute Gasteiger partial charge is 0.398 e. The van der Waals surface area contributed by atoms with Gasteiger partial charge in [0.1, 0.15) is 0 Å². The van der Waals surface area contributed by atoms with Gasteiger partial charge in [0.2, 0.25) is 0 Å². The van der Waals surface area contributed by atoms with Gasteiger partial charge in [0, 0.05) is 16.6 Å². The first kappa shape index (κ1) is 11.5. The Bertz CT molecular complexity index is 606. The lowest BCUT2D eigenvalue weighted by atomic mass is 10.1. The van der Waals surface area contributed by atoms with E-state index in [1.54, 1.807) is 18.2 Å². The molecular weight excluding hydrogens is 250 g/mol. The van der Waals surface area contributed by atoms with Crippen molar-refractivity contribution in [3.8, 4) is 11.5 Å². The first-order chi connectivity index (χ1) is 8.47. The molecule has 0 aliphatic heterocycles. The summed E-state index contributed by atoms with van der Waals surface area (Å²) in [6, 6.07) is 5.22. The first-order valence-electron chi connectivity index (χ1n) is 5.86. The zero-order valence-electron chi connectivity index (χ0n) is 10.3. The van der Waals surface area contributed by atoms with E-state index in [1.165, 1.54) is 0 Å². The maximum atomic E-state index is 5.95. The minimum absolute atomic E-state index is 0.279.